The molecule has 0 spiro atoms. The van der Waals surface area contributed by atoms with Crippen LogP contribution in [0.4, 0.5) is 0 Å². The van der Waals surface area contributed by atoms with Crippen molar-refractivity contribution in [2.24, 2.45) is 0 Å². The first kappa shape index (κ1) is 8.14. The van der Waals surface area contributed by atoms with Gasteiger partial charge in [0.1, 0.15) is 0 Å². The van der Waals surface area contributed by atoms with Gasteiger partial charge in [0.2, 0.25) is 5.70 Å². The SMILES string of the molecule is CCCC=C(C)[N+](=O)[O-]. The standard InChI is InChI=1S/C6H11NO2/c1-3-4-5-6(2)7(8)9/h5H,3-4H2,1-2H3. The zero-order chi connectivity index (χ0) is 7.28. The number of nitro groups is 1. The summed E-state index contributed by atoms with van der Waals surface area (Å²) in [7, 11) is 0. The van der Waals surface area contributed by atoms with E-state index in [9.17, 15) is 10.1 Å². The molecule has 0 bridgehead atoms. The van der Waals surface area contributed by atoms with Crippen molar-refractivity contribution in [3.05, 3.63) is 21.9 Å². The normalized spacial score (nSPS) is 11.6. The van der Waals surface area contributed by atoms with Crippen molar-refractivity contribution in [2.45, 2.75) is 26.7 Å². The molecule has 0 unspecified atom stereocenters. The molecule has 0 aromatic rings. The topological polar surface area (TPSA) is 43.1 Å². The summed E-state index contributed by atoms with van der Waals surface area (Å²) in [6.07, 6.45) is 3.40. The van der Waals surface area contributed by atoms with Crippen LogP contribution in [0.15, 0.2) is 11.8 Å². The minimum absolute atomic E-state index is 0.247. The Bertz CT molecular complexity index is 129. The molecule has 0 rings (SSSR count). The molecule has 0 aromatic heterocycles. The lowest BCUT2D eigenvalue weighted by atomic mass is 10.3. The number of unbranched alkanes of at least 4 members (excludes halogenated alkanes) is 1. The van der Waals surface area contributed by atoms with Crippen LogP contribution in [0.2, 0.25) is 0 Å². The Kier molecular flexibility index (Phi) is 3.67. The third-order valence-corrected chi connectivity index (χ3v) is 1.02. The van der Waals surface area contributed by atoms with Crippen LogP contribution in [0.25, 0.3) is 0 Å². The summed E-state index contributed by atoms with van der Waals surface area (Å²) in [5.74, 6) is 0. The summed E-state index contributed by atoms with van der Waals surface area (Å²) >= 11 is 0. The van der Waals surface area contributed by atoms with Gasteiger partial charge in [0.15, 0.2) is 0 Å². The quantitative estimate of drug-likeness (QED) is 0.432. The van der Waals surface area contributed by atoms with E-state index in [4.69, 9.17) is 0 Å². The lowest BCUT2D eigenvalue weighted by Gasteiger charge is -1.86. The Morgan fingerprint density at radius 1 is 1.78 bits per heavy atom. The maximum absolute atomic E-state index is 9.94. The molecule has 0 atom stereocenters. The van der Waals surface area contributed by atoms with Crippen molar-refractivity contribution < 1.29 is 4.92 Å². The molecule has 9 heavy (non-hydrogen) atoms. The lowest BCUT2D eigenvalue weighted by Crippen LogP contribution is -1.92. The van der Waals surface area contributed by atoms with E-state index in [0.717, 1.165) is 12.8 Å². The third kappa shape index (κ3) is 3.70. The number of allylic oxidation sites excluding steroid dienone is 2. The van der Waals surface area contributed by atoms with Gasteiger partial charge in [-0.3, -0.25) is 10.1 Å². The smallest absolute Gasteiger partial charge is 0.239 e. The fourth-order valence-corrected chi connectivity index (χ4v) is 0.428. The number of rotatable bonds is 3. The van der Waals surface area contributed by atoms with E-state index in [1.165, 1.54) is 6.92 Å². The fraction of sp³-hybridized carbons (Fsp3) is 0.667. The largest absolute Gasteiger partial charge is 0.259 e. The highest BCUT2D eigenvalue weighted by atomic mass is 16.6. The van der Waals surface area contributed by atoms with Crippen LogP contribution in [0.3, 0.4) is 0 Å². The number of hydrogen-bond acceptors (Lipinski definition) is 2. The highest BCUT2D eigenvalue weighted by Crippen LogP contribution is 1.97. The molecular weight excluding hydrogens is 118 g/mol. The Morgan fingerprint density at radius 3 is 2.67 bits per heavy atom. The van der Waals surface area contributed by atoms with E-state index >= 15 is 0 Å². The summed E-state index contributed by atoms with van der Waals surface area (Å²) in [5, 5.41) is 9.94. The molecule has 0 saturated carbocycles. The molecule has 52 valence electrons. The first-order chi connectivity index (χ1) is 4.18. The minimum atomic E-state index is -0.365. The van der Waals surface area contributed by atoms with Crippen molar-refractivity contribution >= 4 is 0 Å². The predicted molar refractivity (Wildman–Crippen MR) is 35.7 cm³/mol. The van der Waals surface area contributed by atoms with Gasteiger partial charge in [-0.15, -0.1) is 0 Å². The van der Waals surface area contributed by atoms with E-state index < -0.39 is 0 Å². The van der Waals surface area contributed by atoms with Gasteiger partial charge in [-0.2, -0.15) is 0 Å². The monoisotopic (exact) mass is 129 g/mol. The van der Waals surface area contributed by atoms with E-state index in [1.807, 2.05) is 6.92 Å². The van der Waals surface area contributed by atoms with Gasteiger partial charge in [0.25, 0.3) is 0 Å². The first-order valence-electron chi connectivity index (χ1n) is 2.99. The van der Waals surface area contributed by atoms with E-state index in [1.54, 1.807) is 6.08 Å². The Balaban J connectivity index is 3.69. The van der Waals surface area contributed by atoms with Gasteiger partial charge in [0, 0.05) is 6.92 Å². The molecule has 3 nitrogen and oxygen atoms in total. The highest BCUT2D eigenvalue weighted by Gasteiger charge is 1.97. The van der Waals surface area contributed by atoms with Gasteiger partial charge in [-0.05, 0) is 12.5 Å². The second-order valence-corrected chi connectivity index (χ2v) is 1.89. The molecule has 0 N–H and O–H groups in total. The molecule has 0 saturated heterocycles. The van der Waals surface area contributed by atoms with Gasteiger partial charge in [0.05, 0.1) is 4.92 Å². The second-order valence-electron chi connectivity index (χ2n) is 1.89. The molecule has 0 aliphatic heterocycles. The van der Waals surface area contributed by atoms with Crippen LogP contribution in [0.1, 0.15) is 26.7 Å². The first-order valence-corrected chi connectivity index (χ1v) is 2.99. The molecule has 0 heterocycles. The molecule has 3 heteroatoms. The lowest BCUT2D eigenvalue weighted by molar-refractivity contribution is -0.424. The van der Waals surface area contributed by atoms with Crippen molar-refractivity contribution in [3.63, 3.8) is 0 Å². The van der Waals surface area contributed by atoms with Gasteiger partial charge < -0.3 is 0 Å². The van der Waals surface area contributed by atoms with Crippen LogP contribution in [0.5, 0.6) is 0 Å². The van der Waals surface area contributed by atoms with Crippen LogP contribution in [0, 0.1) is 10.1 Å². The van der Waals surface area contributed by atoms with Crippen LogP contribution in [-0.2, 0) is 0 Å². The van der Waals surface area contributed by atoms with E-state index in [-0.39, 0.29) is 10.6 Å². The fourth-order valence-electron chi connectivity index (χ4n) is 0.428. The average molecular weight is 129 g/mol. The Morgan fingerprint density at radius 2 is 2.33 bits per heavy atom. The minimum Gasteiger partial charge on any atom is -0.259 e. The third-order valence-electron chi connectivity index (χ3n) is 1.02. The summed E-state index contributed by atoms with van der Waals surface area (Å²) in [6.45, 7) is 3.50. The number of hydrogen-bond donors (Lipinski definition) is 0. The van der Waals surface area contributed by atoms with Crippen molar-refractivity contribution in [1.29, 1.82) is 0 Å². The van der Waals surface area contributed by atoms with Gasteiger partial charge in [-0.25, -0.2) is 0 Å². The molecule has 0 aromatic carbocycles. The molecular formula is C6H11NO2. The van der Waals surface area contributed by atoms with E-state index in [0.29, 0.717) is 0 Å². The van der Waals surface area contributed by atoms with Gasteiger partial charge >= 0.3 is 0 Å². The molecule has 0 radical (unpaired) electrons. The Labute approximate surface area is 54.5 Å². The molecule has 0 aliphatic rings. The summed E-state index contributed by atoms with van der Waals surface area (Å²) in [5.41, 5.74) is 0.247. The van der Waals surface area contributed by atoms with Crippen LogP contribution >= 0.6 is 0 Å². The maximum Gasteiger partial charge on any atom is 0.239 e. The number of nitrogens with zero attached hydrogens (tertiary/aromatic N) is 1. The van der Waals surface area contributed by atoms with Crippen LogP contribution in [-0.4, -0.2) is 4.92 Å². The summed E-state index contributed by atoms with van der Waals surface area (Å²) in [6, 6.07) is 0. The molecule has 0 fully saturated rings. The van der Waals surface area contributed by atoms with Crippen molar-refractivity contribution in [3.8, 4) is 0 Å². The van der Waals surface area contributed by atoms with Crippen LogP contribution < -0.4 is 0 Å². The maximum atomic E-state index is 9.94. The molecule has 0 aliphatic carbocycles. The zero-order valence-electron chi connectivity index (χ0n) is 5.76. The predicted octanol–water partition coefficient (Wildman–Crippen LogP) is 1.97. The van der Waals surface area contributed by atoms with Crippen molar-refractivity contribution in [2.75, 3.05) is 0 Å². The van der Waals surface area contributed by atoms with Crippen molar-refractivity contribution in [1.82, 2.24) is 0 Å². The average Bonchev–Trinajstić information content (AvgIpc) is 1.82. The zero-order valence-corrected chi connectivity index (χ0v) is 5.76. The molecule has 0 amide bonds. The highest BCUT2D eigenvalue weighted by molar-refractivity contribution is 4.85. The second kappa shape index (κ2) is 4.06. The van der Waals surface area contributed by atoms with Gasteiger partial charge in [-0.1, -0.05) is 13.3 Å². The summed E-state index contributed by atoms with van der Waals surface area (Å²) < 4.78 is 0. The summed E-state index contributed by atoms with van der Waals surface area (Å²) in [4.78, 5) is 9.58. The Hall–Kier alpha value is -0.860. The van der Waals surface area contributed by atoms with E-state index in [2.05, 4.69) is 0 Å².